The molecular weight excluding hydrogens is 395 g/mol. The number of thioether (sulfide) groups is 1. The van der Waals surface area contributed by atoms with Gasteiger partial charge in [-0.3, -0.25) is 14.9 Å². The third-order valence-corrected chi connectivity index (χ3v) is 5.53. The van der Waals surface area contributed by atoms with Crippen molar-refractivity contribution in [1.82, 2.24) is 15.5 Å². The zero-order chi connectivity index (χ0) is 20.4. The molecular formula is C18H21F3N3O3S. The average Bonchev–Trinajstić information content (AvgIpc) is 2.94. The van der Waals surface area contributed by atoms with Gasteiger partial charge in [0.15, 0.2) is 0 Å². The van der Waals surface area contributed by atoms with E-state index < -0.39 is 12.0 Å². The minimum Gasteiger partial charge on any atom is -0.406 e. The number of carbonyl (C=O) groups excluding carboxylic acids is 2. The molecule has 1 aromatic carbocycles. The summed E-state index contributed by atoms with van der Waals surface area (Å²) in [7, 11) is 0. The Morgan fingerprint density at radius 2 is 1.96 bits per heavy atom. The van der Waals surface area contributed by atoms with E-state index in [1.807, 2.05) is 6.26 Å². The van der Waals surface area contributed by atoms with Gasteiger partial charge < -0.3 is 9.64 Å². The van der Waals surface area contributed by atoms with E-state index in [0.29, 0.717) is 25.9 Å². The highest BCUT2D eigenvalue weighted by atomic mass is 32.2. The summed E-state index contributed by atoms with van der Waals surface area (Å²) in [5.74, 6) is 0.101. The van der Waals surface area contributed by atoms with Gasteiger partial charge in [0.25, 0.3) is 11.8 Å². The van der Waals surface area contributed by atoms with E-state index in [1.165, 1.54) is 12.1 Å². The number of ether oxygens (including phenoxy) is 1. The molecule has 0 aromatic heterocycles. The molecule has 28 heavy (non-hydrogen) atoms. The maximum Gasteiger partial charge on any atom is 0.573 e. The first kappa shape index (κ1) is 20.8. The van der Waals surface area contributed by atoms with E-state index in [9.17, 15) is 22.8 Å². The lowest BCUT2D eigenvalue weighted by atomic mass is 9.97. The Bertz CT molecular complexity index is 719. The van der Waals surface area contributed by atoms with Gasteiger partial charge in [-0.1, -0.05) is 0 Å². The van der Waals surface area contributed by atoms with Gasteiger partial charge >= 0.3 is 6.36 Å². The average molecular weight is 416 g/mol. The molecule has 2 saturated heterocycles. The summed E-state index contributed by atoms with van der Waals surface area (Å²) in [4.78, 5) is 26.3. The smallest absolute Gasteiger partial charge is 0.406 e. The van der Waals surface area contributed by atoms with Crippen molar-refractivity contribution in [2.75, 3.05) is 25.1 Å². The number of rotatable bonds is 5. The molecule has 2 heterocycles. The van der Waals surface area contributed by atoms with Crippen molar-refractivity contribution in [1.29, 1.82) is 0 Å². The highest BCUT2D eigenvalue weighted by molar-refractivity contribution is 7.98. The van der Waals surface area contributed by atoms with Crippen LogP contribution >= 0.6 is 11.8 Å². The first-order chi connectivity index (χ1) is 13.2. The molecule has 6 nitrogen and oxygen atoms in total. The molecule has 0 bridgehead atoms. The molecule has 2 aliphatic rings. The molecule has 153 valence electrons. The van der Waals surface area contributed by atoms with Gasteiger partial charge in [0.05, 0.1) is 6.04 Å². The zero-order valence-electron chi connectivity index (χ0n) is 15.3. The number of halogens is 3. The summed E-state index contributed by atoms with van der Waals surface area (Å²) >= 11 is 1.67. The molecule has 1 radical (unpaired) electrons. The lowest BCUT2D eigenvalue weighted by molar-refractivity contribution is -0.274. The summed E-state index contributed by atoms with van der Waals surface area (Å²) in [5, 5.41) is 7.63. The second-order valence-electron chi connectivity index (χ2n) is 6.82. The van der Waals surface area contributed by atoms with Gasteiger partial charge in [-0.2, -0.15) is 11.8 Å². The van der Waals surface area contributed by atoms with Crippen LogP contribution < -0.4 is 15.4 Å². The molecule has 2 fully saturated rings. The number of hydrogen-bond acceptors (Lipinski definition) is 5. The fraction of sp³-hybridized carbons (Fsp3) is 0.556. The molecule has 1 atom stereocenters. The van der Waals surface area contributed by atoms with E-state index >= 15 is 0 Å². The van der Waals surface area contributed by atoms with Gasteiger partial charge in [-0.25, -0.2) is 5.32 Å². The molecule has 3 rings (SSSR count). The summed E-state index contributed by atoms with van der Waals surface area (Å²) in [6.45, 7) is 0.831. The Balaban J connectivity index is 1.56. The fourth-order valence-electron chi connectivity index (χ4n) is 3.46. The minimum atomic E-state index is -4.77. The van der Waals surface area contributed by atoms with Crippen LogP contribution in [0.5, 0.6) is 5.75 Å². The fourth-order valence-corrected chi connectivity index (χ4v) is 3.93. The normalized spacial score (nSPS) is 21.6. The van der Waals surface area contributed by atoms with Crippen molar-refractivity contribution < 1.29 is 27.5 Å². The van der Waals surface area contributed by atoms with Gasteiger partial charge in [0.1, 0.15) is 11.4 Å². The number of nitrogens with one attached hydrogen (secondary N) is 1. The van der Waals surface area contributed by atoms with Crippen LogP contribution in [0, 0.1) is 0 Å². The predicted molar refractivity (Wildman–Crippen MR) is 98.1 cm³/mol. The summed E-state index contributed by atoms with van der Waals surface area (Å²) < 4.78 is 40.5. The van der Waals surface area contributed by atoms with Gasteiger partial charge in [0.2, 0.25) is 0 Å². The van der Waals surface area contributed by atoms with Crippen LogP contribution in [0.3, 0.4) is 0 Å². The number of likely N-dealkylation sites (tertiary alicyclic amines) is 1. The molecule has 1 aromatic rings. The van der Waals surface area contributed by atoms with Crippen LogP contribution in [0.1, 0.15) is 29.6 Å². The first-order valence-electron chi connectivity index (χ1n) is 8.90. The van der Waals surface area contributed by atoms with E-state index in [2.05, 4.69) is 15.4 Å². The van der Waals surface area contributed by atoms with Crippen molar-refractivity contribution in [2.45, 2.75) is 37.3 Å². The molecule has 2 aliphatic heterocycles. The Kier molecular flexibility index (Phi) is 6.09. The molecule has 2 amide bonds. The number of hydrogen-bond donors (Lipinski definition) is 1. The van der Waals surface area contributed by atoms with E-state index in [0.717, 1.165) is 24.3 Å². The van der Waals surface area contributed by atoms with Crippen LogP contribution in [-0.2, 0) is 4.79 Å². The second kappa shape index (κ2) is 8.20. The predicted octanol–water partition coefficient (Wildman–Crippen LogP) is 2.37. The lowest BCUT2D eigenvalue weighted by Crippen LogP contribution is -2.56. The van der Waals surface area contributed by atoms with E-state index in [-0.39, 0.29) is 29.2 Å². The Hall–Kier alpha value is -1.94. The molecule has 10 heteroatoms. The maximum absolute atomic E-state index is 12.6. The first-order valence-corrected chi connectivity index (χ1v) is 10.3. The van der Waals surface area contributed by atoms with Crippen molar-refractivity contribution >= 4 is 23.6 Å². The summed E-state index contributed by atoms with van der Waals surface area (Å²) in [6, 6.07) is 4.60. The zero-order valence-corrected chi connectivity index (χ0v) is 16.1. The number of carbonyl (C=O) groups is 2. The molecule has 0 aliphatic carbocycles. The number of piperidine rings is 1. The molecule has 0 saturated carbocycles. The topological polar surface area (TPSA) is 72.7 Å². The van der Waals surface area contributed by atoms with Crippen LogP contribution in [-0.4, -0.2) is 59.9 Å². The van der Waals surface area contributed by atoms with Crippen molar-refractivity contribution in [3.63, 3.8) is 0 Å². The van der Waals surface area contributed by atoms with E-state index in [4.69, 9.17) is 0 Å². The third kappa shape index (κ3) is 4.91. The van der Waals surface area contributed by atoms with Crippen LogP contribution in [0.4, 0.5) is 13.2 Å². The molecule has 1 unspecified atom stereocenters. The van der Waals surface area contributed by atoms with Crippen molar-refractivity contribution in [2.24, 2.45) is 0 Å². The quantitative estimate of drug-likeness (QED) is 0.798. The minimum absolute atomic E-state index is 0.130. The third-order valence-electron chi connectivity index (χ3n) is 4.89. The van der Waals surface area contributed by atoms with Crippen molar-refractivity contribution in [3.8, 4) is 5.75 Å². The molecule has 1 spiro atoms. The Morgan fingerprint density at radius 3 is 2.54 bits per heavy atom. The Morgan fingerprint density at radius 1 is 1.32 bits per heavy atom. The van der Waals surface area contributed by atoms with Gasteiger partial charge in [0, 0.05) is 31.5 Å². The highest BCUT2D eigenvalue weighted by Gasteiger charge is 2.47. The monoisotopic (exact) mass is 416 g/mol. The maximum atomic E-state index is 12.6. The van der Waals surface area contributed by atoms with Crippen LogP contribution in [0.25, 0.3) is 0 Å². The second-order valence-corrected chi connectivity index (χ2v) is 7.81. The van der Waals surface area contributed by atoms with Gasteiger partial charge in [-0.15, -0.1) is 13.2 Å². The lowest BCUT2D eigenvalue weighted by Gasteiger charge is -2.38. The largest absolute Gasteiger partial charge is 0.573 e. The standard InChI is InChI=1S/C18H21F3N3O3S/c1-28-11-6-14-15(25)23-17(22-14)7-9-24(10-8-17)16(26)12-2-4-13(5-3-12)27-18(19,20)21/h2-5,14,22H,6-11H2,1H3. The number of amides is 2. The number of benzene rings is 1. The highest BCUT2D eigenvalue weighted by Crippen LogP contribution is 2.28. The van der Waals surface area contributed by atoms with Crippen LogP contribution in [0.2, 0.25) is 0 Å². The SMILES string of the molecule is CSCCC1NC2(CCN(C(=O)c3ccc(OC(F)(F)F)cc3)CC2)[N]C1=O. The van der Waals surface area contributed by atoms with Gasteiger partial charge in [-0.05, 0) is 42.7 Å². The summed E-state index contributed by atoms with van der Waals surface area (Å²) in [5.41, 5.74) is -0.322. The summed E-state index contributed by atoms with van der Waals surface area (Å²) in [6.07, 6.45) is -1.01. The van der Waals surface area contributed by atoms with Crippen LogP contribution in [0.15, 0.2) is 24.3 Å². The number of nitrogens with zero attached hydrogens (tertiary/aromatic N) is 2. The number of alkyl halides is 3. The van der Waals surface area contributed by atoms with E-state index in [1.54, 1.807) is 16.7 Å². The van der Waals surface area contributed by atoms with Crippen molar-refractivity contribution in [3.05, 3.63) is 29.8 Å². The molecule has 1 N–H and O–H groups in total. The Labute approximate surface area is 165 Å².